The molecule has 0 fully saturated rings. The summed E-state index contributed by atoms with van der Waals surface area (Å²) < 4.78 is 0. The number of aryl methyl sites for hydroxylation is 2. The van der Waals surface area contributed by atoms with E-state index in [4.69, 9.17) is 0 Å². The van der Waals surface area contributed by atoms with Gasteiger partial charge in [0.15, 0.2) is 0 Å². The fourth-order valence-electron chi connectivity index (χ4n) is 2.62. The standard InChI is InChI=1S/C16H24O2/c17-15-7-3-1-5-13-9-11-14(12-10-13)6-2-4-8-16(15)18/h9-12,15-18H,1-8H2/t15-,16+. The quantitative estimate of drug-likeness (QED) is 0.741. The summed E-state index contributed by atoms with van der Waals surface area (Å²) in [5, 5.41) is 19.7. The fraction of sp³-hybridized carbons (Fsp3) is 0.625. The summed E-state index contributed by atoms with van der Waals surface area (Å²) >= 11 is 0. The Labute approximate surface area is 110 Å². The molecule has 2 aliphatic rings. The highest BCUT2D eigenvalue weighted by Crippen LogP contribution is 2.16. The van der Waals surface area contributed by atoms with E-state index < -0.39 is 12.2 Å². The van der Waals surface area contributed by atoms with E-state index in [0.29, 0.717) is 0 Å². The van der Waals surface area contributed by atoms with Gasteiger partial charge in [-0.25, -0.2) is 0 Å². The van der Waals surface area contributed by atoms with E-state index in [2.05, 4.69) is 24.3 Å². The van der Waals surface area contributed by atoms with Crippen LogP contribution in [-0.4, -0.2) is 22.4 Å². The minimum Gasteiger partial charge on any atom is -0.390 e. The Morgan fingerprint density at radius 2 is 1.06 bits per heavy atom. The Bertz CT molecular complexity index is 310. The normalized spacial score (nSPS) is 26.8. The number of benzene rings is 1. The molecule has 0 saturated heterocycles. The van der Waals surface area contributed by atoms with Gasteiger partial charge in [-0.2, -0.15) is 0 Å². The largest absolute Gasteiger partial charge is 0.390 e. The van der Waals surface area contributed by atoms with E-state index in [-0.39, 0.29) is 0 Å². The van der Waals surface area contributed by atoms with Crippen LogP contribution in [0.3, 0.4) is 0 Å². The molecule has 1 aromatic rings. The Morgan fingerprint density at radius 3 is 1.44 bits per heavy atom. The van der Waals surface area contributed by atoms with Gasteiger partial charge in [-0.3, -0.25) is 0 Å². The van der Waals surface area contributed by atoms with E-state index in [1.165, 1.54) is 11.1 Å². The molecule has 2 nitrogen and oxygen atoms in total. The van der Waals surface area contributed by atoms with E-state index in [1.54, 1.807) is 0 Å². The Hall–Kier alpha value is -0.860. The molecular formula is C16H24O2. The molecule has 0 aromatic heterocycles. The zero-order valence-corrected chi connectivity index (χ0v) is 11.0. The van der Waals surface area contributed by atoms with E-state index in [1.807, 2.05) is 0 Å². The zero-order chi connectivity index (χ0) is 12.8. The third-order valence-corrected chi connectivity index (χ3v) is 3.90. The van der Waals surface area contributed by atoms with Crippen LogP contribution in [0.15, 0.2) is 24.3 Å². The van der Waals surface area contributed by atoms with Gasteiger partial charge in [0.25, 0.3) is 0 Å². The predicted molar refractivity (Wildman–Crippen MR) is 73.6 cm³/mol. The van der Waals surface area contributed by atoms with Crippen molar-refractivity contribution in [3.63, 3.8) is 0 Å². The maximum Gasteiger partial charge on any atom is 0.0799 e. The third kappa shape index (κ3) is 4.11. The van der Waals surface area contributed by atoms with Gasteiger partial charge in [0, 0.05) is 0 Å². The lowest BCUT2D eigenvalue weighted by Gasteiger charge is -2.18. The second-order valence-corrected chi connectivity index (χ2v) is 5.44. The molecule has 0 radical (unpaired) electrons. The number of hydrogen-bond donors (Lipinski definition) is 2. The maximum absolute atomic E-state index is 9.83. The lowest BCUT2D eigenvalue weighted by molar-refractivity contribution is 0.00731. The molecule has 2 heteroatoms. The first-order chi connectivity index (χ1) is 8.75. The van der Waals surface area contributed by atoms with Crippen molar-refractivity contribution in [2.24, 2.45) is 0 Å². The van der Waals surface area contributed by atoms with Crippen molar-refractivity contribution in [2.75, 3.05) is 0 Å². The smallest absolute Gasteiger partial charge is 0.0799 e. The molecule has 100 valence electrons. The van der Waals surface area contributed by atoms with Gasteiger partial charge in [0.2, 0.25) is 0 Å². The Balaban J connectivity index is 1.97. The molecule has 0 spiro atoms. The van der Waals surface area contributed by atoms with Crippen LogP contribution in [0.4, 0.5) is 0 Å². The maximum atomic E-state index is 9.83. The van der Waals surface area contributed by atoms with Gasteiger partial charge >= 0.3 is 0 Å². The number of fused-ring (bicyclic) bond motifs is 11. The van der Waals surface area contributed by atoms with Gasteiger partial charge < -0.3 is 10.2 Å². The monoisotopic (exact) mass is 248 g/mol. The summed E-state index contributed by atoms with van der Waals surface area (Å²) in [7, 11) is 0. The molecule has 2 N–H and O–H groups in total. The average molecular weight is 248 g/mol. The van der Waals surface area contributed by atoms with Crippen LogP contribution >= 0.6 is 0 Å². The molecule has 0 saturated carbocycles. The van der Waals surface area contributed by atoms with Crippen molar-refractivity contribution in [2.45, 2.75) is 63.6 Å². The lowest BCUT2D eigenvalue weighted by Crippen LogP contribution is -2.25. The van der Waals surface area contributed by atoms with E-state index >= 15 is 0 Å². The Kier molecular flexibility index (Phi) is 5.21. The molecule has 0 unspecified atom stereocenters. The number of aliphatic hydroxyl groups excluding tert-OH is 2. The van der Waals surface area contributed by atoms with Crippen LogP contribution in [0.2, 0.25) is 0 Å². The third-order valence-electron chi connectivity index (χ3n) is 3.90. The SMILES string of the molecule is O[C@@H]1CCCCc2ccc(cc2)CCCC[C@@H]1O. The summed E-state index contributed by atoms with van der Waals surface area (Å²) in [5.74, 6) is 0. The van der Waals surface area contributed by atoms with Crippen LogP contribution < -0.4 is 0 Å². The molecule has 2 aliphatic carbocycles. The summed E-state index contributed by atoms with van der Waals surface area (Å²) in [6.45, 7) is 0. The summed E-state index contributed by atoms with van der Waals surface area (Å²) in [4.78, 5) is 0. The fourth-order valence-corrected chi connectivity index (χ4v) is 2.62. The highest BCUT2D eigenvalue weighted by Gasteiger charge is 2.15. The topological polar surface area (TPSA) is 40.5 Å². The second kappa shape index (κ2) is 6.91. The van der Waals surface area contributed by atoms with Gasteiger partial charge in [-0.05, 0) is 49.7 Å². The van der Waals surface area contributed by atoms with Crippen molar-refractivity contribution in [1.82, 2.24) is 0 Å². The highest BCUT2D eigenvalue weighted by molar-refractivity contribution is 5.22. The van der Waals surface area contributed by atoms with Gasteiger partial charge in [-0.1, -0.05) is 37.1 Å². The lowest BCUT2D eigenvalue weighted by atomic mass is 9.97. The van der Waals surface area contributed by atoms with Crippen molar-refractivity contribution in [3.05, 3.63) is 35.4 Å². The van der Waals surface area contributed by atoms with E-state index in [9.17, 15) is 10.2 Å². The molecule has 0 heterocycles. The summed E-state index contributed by atoms with van der Waals surface area (Å²) in [6, 6.07) is 8.91. The van der Waals surface area contributed by atoms with Gasteiger partial charge in [-0.15, -0.1) is 0 Å². The van der Waals surface area contributed by atoms with Crippen LogP contribution in [0.25, 0.3) is 0 Å². The summed E-state index contributed by atoms with van der Waals surface area (Å²) in [5.41, 5.74) is 2.76. The first kappa shape index (κ1) is 13.6. The number of aliphatic hydroxyl groups is 2. The summed E-state index contributed by atoms with van der Waals surface area (Å²) in [6.07, 6.45) is 6.67. The Morgan fingerprint density at radius 1 is 0.667 bits per heavy atom. The van der Waals surface area contributed by atoms with Crippen molar-refractivity contribution in [3.8, 4) is 0 Å². The molecule has 18 heavy (non-hydrogen) atoms. The minimum absolute atomic E-state index is 0.533. The number of rotatable bonds is 0. The van der Waals surface area contributed by atoms with Crippen molar-refractivity contribution in [1.29, 1.82) is 0 Å². The van der Waals surface area contributed by atoms with Crippen LogP contribution in [0.5, 0.6) is 0 Å². The zero-order valence-electron chi connectivity index (χ0n) is 11.0. The first-order valence-corrected chi connectivity index (χ1v) is 7.19. The van der Waals surface area contributed by atoms with Crippen LogP contribution in [0, 0.1) is 0 Å². The van der Waals surface area contributed by atoms with Gasteiger partial charge in [0.1, 0.15) is 0 Å². The van der Waals surface area contributed by atoms with Gasteiger partial charge in [0.05, 0.1) is 12.2 Å². The molecule has 2 bridgehead atoms. The molecule has 1 aromatic carbocycles. The highest BCUT2D eigenvalue weighted by atomic mass is 16.3. The average Bonchev–Trinajstić information content (AvgIpc) is 2.40. The number of hydrogen-bond acceptors (Lipinski definition) is 2. The predicted octanol–water partition coefficient (Wildman–Crippen LogP) is 2.85. The molecule has 0 aliphatic heterocycles. The van der Waals surface area contributed by atoms with Crippen molar-refractivity contribution < 1.29 is 10.2 Å². The van der Waals surface area contributed by atoms with Crippen LogP contribution in [-0.2, 0) is 12.8 Å². The molecule has 3 rings (SSSR count). The van der Waals surface area contributed by atoms with Crippen LogP contribution in [0.1, 0.15) is 49.7 Å². The molecular weight excluding hydrogens is 224 g/mol. The minimum atomic E-state index is -0.533. The van der Waals surface area contributed by atoms with Crippen molar-refractivity contribution >= 4 is 0 Å². The second-order valence-electron chi connectivity index (χ2n) is 5.44. The van der Waals surface area contributed by atoms with E-state index in [0.717, 1.165) is 51.4 Å². The first-order valence-electron chi connectivity index (χ1n) is 7.19. The molecule has 0 amide bonds. The molecule has 2 atom stereocenters.